The van der Waals surface area contributed by atoms with Crippen LogP contribution in [0.4, 0.5) is 0 Å². The van der Waals surface area contributed by atoms with Crippen LogP contribution < -0.4 is 5.32 Å². The fraction of sp³-hybridized carbons (Fsp3) is 0.769. The van der Waals surface area contributed by atoms with Crippen LogP contribution in [0, 0.1) is 11.3 Å². The van der Waals surface area contributed by atoms with Crippen LogP contribution in [-0.4, -0.2) is 50.2 Å². The Balaban J connectivity index is 1.74. The maximum atomic E-state index is 12.5. The highest BCUT2D eigenvalue weighted by Crippen LogP contribution is 2.41. The van der Waals surface area contributed by atoms with E-state index in [1.807, 2.05) is 4.90 Å². The molecule has 0 aliphatic carbocycles. The minimum absolute atomic E-state index is 0.159. The zero-order chi connectivity index (χ0) is 11.7. The largest absolute Gasteiger partial charge is 0.381 e. The number of rotatable bonds is 1. The molecule has 0 saturated carbocycles. The fourth-order valence-electron chi connectivity index (χ4n) is 3.34. The van der Waals surface area contributed by atoms with Crippen molar-refractivity contribution in [3.8, 4) is 0 Å². The Labute approximate surface area is 102 Å². The van der Waals surface area contributed by atoms with Crippen molar-refractivity contribution < 1.29 is 9.53 Å². The van der Waals surface area contributed by atoms with Crippen molar-refractivity contribution in [2.24, 2.45) is 11.3 Å². The van der Waals surface area contributed by atoms with Crippen LogP contribution in [0.15, 0.2) is 12.2 Å². The van der Waals surface area contributed by atoms with Crippen LogP contribution in [0.25, 0.3) is 0 Å². The topological polar surface area (TPSA) is 41.6 Å². The smallest absolute Gasteiger partial charge is 0.228 e. The highest BCUT2D eigenvalue weighted by molar-refractivity contribution is 5.81. The van der Waals surface area contributed by atoms with E-state index in [2.05, 4.69) is 17.5 Å². The van der Waals surface area contributed by atoms with Gasteiger partial charge in [-0.25, -0.2) is 0 Å². The van der Waals surface area contributed by atoms with Gasteiger partial charge in [0.25, 0.3) is 0 Å². The summed E-state index contributed by atoms with van der Waals surface area (Å²) in [4.78, 5) is 14.5. The number of hydrogen-bond acceptors (Lipinski definition) is 3. The minimum atomic E-state index is 0.159. The summed E-state index contributed by atoms with van der Waals surface area (Å²) in [6.45, 7) is 5.03. The normalized spacial score (nSPS) is 31.3. The number of carbonyl (C=O) groups is 1. The van der Waals surface area contributed by atoms with E-state index in [1.54, 1.807) is 0 Å². The molecular formula is C13H20N2O2. The molecule has 1 amide bonds. The summed E-state index contributed by atoms with van der Waals surface area (Å²) in [6.07, 6.45) is 6.21. The van der Waals surface area contributed by atoms with E-state index in [9.17, 15) is 4.79 Å². The van der Waals surface area contributed by atoms with Gasteiger partial charge >= 0.3 is 0 Å². The van der Waals surface area contributed by atoms with Crippen molar-refractivity contribution >= 4 is 5.91 Å². The third kappa shape index (κ3) is 1.89. The molecule has 1 unspecified atom stereocenters. The van der Waals surface area contributed by atoms with Crippen LogP contribution in [0.3, 0.4) is 0 Å². The molecule has 3 heterocycles. The quantitative estimate of drug-likeness (QED) is 0.670. The van der Waals surface area contributed by atoms with Crippen molar-refractivity contribution in [1.29, 1.82) is 0 Å². The van der Waals surface area contributed by atoms with Gasteiger partial charge in [-0.2, -0.15) is 0 Å². The second-order valence-corrected chi connectivity index (χ2v) is 5.37. The Morgan fingerprint density at radius 1 is 1.29 bits per heavy atom. The predicted octanol–water partition coefficient (Wildman–Crippen LogP) is 0.401. The Hall–Kier alpha value is -0.870. The first-order valence-corrected chi connectivity index (χ1v) is 6.54. The molecule has 1 N–H and O–H groups in total. The van der Waals surface area contributed by atoms with Gasteiger partial charge in [0.1, 0.15) is 0 Å². The number of nitrogens with one attached hydrogen (secondary N) is 1. The van der Waals surface area contributed by atoms with Gasteiger partial charge in [-0.05, 0) is 18.3 Å². The Bertz CT molecular complexity index is 326. The van der Waals surface area contributed by atoms with E-state index in [-0.39, 0.29) is 11.3 Å². The second-order valence-electron chi connectivity index (χ2n) is 5.37. The molecule has 0 aromatic carbocycles. The van der Waals surface area contributed by atoms with Crippen molar-refractivity contribution in [3.63, 3.8) is 0 Å². The summed E-state index contributed by atoms with van der Waals surface area (Å²) in [6, 6.07) is 0. The van der Waals surface area contributed by atoms with Crippen molar-refractivity contribution in [2.75, 3.05) is 39.4 Å². The third-order valence-corrected chi connectivity index (χ3v) is 4.48. The van der Waals surface area contributed by atoms with Crippen LogP contribution in [0.2, 0.25) is 0 Å². The van der Waals surface area contributed by atoms with Gasteiger partial charge in [0.05, 0.1) is 5.92 Å². The molecule has 1 atom stereocenters. The van der Waals surface area contributed by atoms with Gasteiger partial charge < -0.3 is 15.0 Å². The van der Waals surface area contributed by atoms with Gasteiger partial charge in [0, 0.05) is 39.4 Å². The number of ether oxygens (including phenoxy) is 1. The van der Waals surface area contributed by atoms with Gasteiger partial charge in [0.2, 0.25) is 5.91 Å². The number of nitrogens with zero attached hydrogens (tertiary/aromatic N) is 1. The van der Waals surface area contributed by atoms with Gasteiger partial charge in [0.15, 0.2) is 0 Å². The maximum Gasteiger partial charge on any atom is 0.228 e. The van der Waals surface area contributed by atoms with Gasteiger partial charge in [-0.15, -0.1) is 0 Å². The first-order chi connectivity index (χ1) is 8.32. The third-order valence-electron chi connectivity index (χ3n) is 4.48. The monoisotopic (exact) mass is 236 g/mol. The molecule has 2 saturated heterocycles. The van der Waals surface area contributed by atoms with Crippen molar-refractivity contribution in [1.82, 2.24) is 10.2 Å². The first kappa shape index (κ1) is 11.2. The molecule has 17 heavy (non-hydrogen) atoms. The molecule has 0 aromatic rings. The summed E-state index contributed by atoms with van der Waals surface area (Å²) >= 11 is 0. The molecule has 4 heteroatoms. The molecule has 3 aliphatic heterocycles. The first-order valence-electron chi connectivity index (χ1n) is 6.54. The zero-order valence-corrected chi connectivity index (χ0v) is 10.2. The molecule has 0 bridgehead atoms. The molecule has 94 valence electrons. The van der Waals surface area contributed by atoms with E-state index in [0.29, 0.717) is 5.91 Å². The highest BCUT2D eigenvalue weighted by atomic mass is 16.5. The maximum absolute atomic E-state index is 12.5. The predicted molar refractivity (Wildman–Crippen MR) is 64.6 cm³/mol. The summed E-state index contributed by atoms with van der Waals surface area (Å²) in [7, 11) is 0. The number of carbonyl (C=O) groups excluding carboxylic acids is 1. The number of hydrogen-bond donors (Lipinski definition) is 1. The lowest BCUT2D eigenvalue weighted by Crippen LogP contribution is -2.45. The standard InChI is InChI=1S/C13H20N2O2/c16-12(15-5-1-2-6-15)11-9-14-10-13(11)3-7-17-8-4-13/h1-2,11,14H,3-10H2. The molecular weight excluding hydrogens is 216 g/mol. The summed E-state index contributed by atoms with van der Waals surface area (Å²) in [5.74, 6) is 0.494. The SMILES string of the molecule is O=C(C1CNCC12CCOCC2)N1CC=CC1. The fourth-order valence-corrected chi connectivity index (χ4v) is 3.34. The number of amides is 1. The van der Waals surface area contributed by atoms with Crippen LogP contribution in [0.5, 0.6) is 0 Å². The van der Waals surface area contributed by atoms with E-state index in [0.717, 1.165) is 52.2 Å². The van der Waals surface area contributed by atoms with Gasteiger partial charge in [-0.1, -0.05) is 12.2 Å². The second kappa shape index (κ2) is 4.42. The molecule has 3 aliphatic rings. The minimum Gasteiger partial charge on any atom is -0.381 e. The summed E-state index contributed by atoms with van der Waals surface area (Å²) in [5.41, 5.74) is 0.165. The van der Waals surface area contributed by atoms with Gasteiger partial charge in [-0.3, -0.25) is 4.79 Å². The van der Waals surface area contributed by atoms with E-state index >= 15 is 0 Å². The highest BCUT2D eigenvalue weighted by Gasteiger charge is 2.48. The van der Waals surface area contributed by atoms with Crippen molar-refractivity contribution in [2.45, 2.75) is 12.8 Å². The molecule has 1 spiro atoms. The molecule has 0 radical (unpaired) electrons. The lowest BCUT2D eigenvalue weighted by molar-refractivity contribution is -0.139. The average molecular weight is 236 g/mol. The lowest BCUT2D eigenvalue weighted by atomic mass is 9.71. The Kier molecular flexibility index (Phi) is 2.92. The molecule has 3 rings (SSSR count). The van der Waals surface area contributed by atoms with E-state index in [1.165, 1.54) is 0 Å². The molecule has 0 aromatic heterocycles. The lowest BCUT2D eigenvalue weighted by Gasteiger charge is -2.38. The molecule has 4 nitrogen and oxygen atoms in total. The molecule has 2 fully saturated rings. The van der Waals surface area contributed by atoms with Crippen molar-refractivity contribution in [3.05, 3.63) is 12.2 Å². The van der Waals surface area contributed by atoms with Crippen LogP contribution >= 0.6 is 0 Å². The Morgan fingerprint density at radius 2 is 2.00 bits per heavy atom. The van der Waals surface area contributed by atoms with E-state index in [4.69, 9.17) is 4.74 Å². The Morgan fingerprint density at radius 3 is 2.71 bits per heavy atom. The summed E-state index contributed by atoms with van der Waals surface area (Å²) in [5, 5.41) is 3.41. The van der Waals surface area contributed by atoms with Crippen LogP contribution in [-0.2, 0) is 9.53 Å². The van der Waals surface area contributed by atoms with E-state index < -0.39 is 0 Å². The zero-order valence-electron chi connectivity index (χ0n) is 10.2. The average Bonchev–Trinajstić information content (AvgIpc) is 2.99. The summed E-state index contributed by atoms with van der Waals surface area (Å²) < 4.78 is 5.44. The van der Waals surface area contributed by atoms with Crippen LogP contribution in [0.1, 0.15) is 12.8 Å².